The number of piperidine rings is 1. The first-order valence-corrected chi connectivity index (χ1v) is 10.9. The van der Waals surface area contributed by atoms with E-state index in [2.05, 4.69) is 5.32 Å². The minimum absolute atomic E-state index is 0.243. The molecule has 160 valence electrons. The van der Waals surface area contributed by atoms with Crippen molar-refractivity contribution in [1.82, 2.24) is 4.31 Å². The summed E-state index contributed by atoms with van der Waals surface area (Å²) in [7, 11) is -0.821. The van der Waals surface area contributed by atoms with Gasteiger partial charge in [0.15, 0.2) is 0 Å². The van der Waals surface area contributed by atoms with E-state index in [0.29, 0.717) is 24.3 Å². The highest BCUT2D eigenvalue weighted by atomic mass is 32.2. The van der Waals surface area contributed by atoms with Gasteiger partial charge in [-0.1, -0.05) is 18.2 Å². The highest BCUT2D eigenvalue weighted by Crippen LogP contribution is 2.29. The van der Waals surface area contributed by atoms with Crippen LogP contribution in [0.15, 0.2) is 53.4 Å². The van der Waals surface area contributed by atoms with Crippen molar-refractivity contribution in [3.8, 4) is 5.75 Å². The lowest BCUT2D eigenvalue weighted by atomic mass is 9.97. The molecule has 1 aliphatic heterocycles. The van der Waals surface area contributed by atoms with Crippen molar-refractivity contribution < 1.29 is 27.5 Å². The van der Waals surface area contributed by atoms with Gasteiger partial charge in [0.1, 0.15) is 5.75 Å². The van der Waals surface area contributed by atoms with Gasteiger partial charge >= 0.3 is 5.97 Å². The fraction of sp³-hybridized carbons (Fsp3) is 0.333. The van der Waals surface area contributed by atoms with Gasteiger partial charge < -0.3 is 14.8 Å². The molecule has 0 bridgehead atoms. The molecule has 0 saturated carbocycles. The molecule has 2 aromatic carbocycles. The summed E-state index contributed by atoms with van der Waals surface area (Å²) in [5, 5.41) is 2.80. The number of sulfonamides is 1. The van der Waals surface area contributed by atoms with E-state index in [1.165, 1.54) is 24.6 Å². The van der Waals surface area contributed by atoms with E-state index >= 15 is 0 Å². The van der Waals surface area contributed by atoms with Gasteiger partial charge in [-0.25, -0.2) is 13.2 Å². The average Bonchev–Trinajstić information content (AvgIpc) is 2.79. The van der Waals surface area contributed by atoms with Crippen molar-refractivity contribution in [2.75, 3.05) is 32.6 Å². The number of hydrogen-bond acceptors (Lipinski definition) is 6. The minimum atomic E-state index is -3.57. The second-order valence-corrected chi connectivity index (χ2v) is 8.83. The Morgan fingerprint density at radius 1 is 1.03 bits per heavy atom. The summed E-state index contributed by atoms with van der Waals surface area (Å²) in [5.41, 5.74) is 0.655. The average molecular weight is 432 g/mol. The zero-order valence-corrected chi connectivity index (χ0v) is 17.6. The molecule has 0 spiro atoms. The van der Waals surface area contributed by atoms with Crippen LogP contribution >= 0.6 is 0 Å². The van der Waals surface area contributed by atoms with Gasteiger partial charge in [0.05, 0.1) is 30.4 Å². The number of hydrogen-bond donors (Lipinski definition) is 1. The molecule has 1 heterocycles. The van der Waals surface area contributed by atoms with Crippen molar-refractivity contribution in [3.63, 3.8) is 0 Å². The molecule has 30 heavy (non-hydrogen) atoms. The predicted octanol–water partition coefficient (Wildman–Crippen LogP) is 2.52. The van der Waals surface area contributed by atoms with Crippen molar-refractivity contribution in [2.24, 2.45) is 5.92 Å². The summed E-state index contributed by atoms with van der Waals surface area (Å²) >= 11 is 0. The second-order valence-electron chi connectivity index (χ2n) is 6.89. The number of ether oxygens (including phenoxy) is 2. The Morgan fingerprint density at radius 2 is 1.70 bits per heavy atom. The smallest absolute Gasteiger partial charge is 0.337 e. The number of nitrogens with zero attached hydrogens (tertiary/aromatic N) is 1. The number of methoxy groups -OCH3 is 2. The van der Waals surface area contributed by atoms with Crippen LogP contribution in [-0.2, 0) is 19.6 Å². The summed E-state index contributed by atoms with van der Waals surface area (Å²) in [6, 6.07) is 12.9. The second kappa shape index (κ2) is 9.27. The highest BCUT2D eigenvalue weighted by molar-refractivity contribution is 7.89. The van der Waals surface area contributed by atoms with Crippen LogP contribution in [0.25, 0.3) is 0 Å². The molecule has 0 radical (unpaired) electrons. The van der Waals surface area contributed by atoms with Crippen LogP contribution in [0.4, 0.5) is 5.69 Å². The number of amides is 1. The number of rotatable bonds is 6. The first kappa shape index (κ1) is 21.8. The molecule has 3 rings (SSSR count). The van der Waals surface area contributed by atoms with E-state index in [0.717, 1.165) is 0 Å². The third-order valence-corrected chi connectivity index (χ3v) is 7.00. The number of benzene rings is 2. The molecule has 1 N–H and O–H groups in total. The molecule has 1 aliphatic rings. The van der Waals surface area contributed by atoms with Gasteiger partial charge in [-0.3, -0.25) is 4.79 Å². The zero-order valence-electron chi connectivity index (χ0n) is 16.8. The van der Waals surface area contributed by atoms with E-state index in [1.54, 1.807) is 42.5 Å². The van der Waals surface area contributed by atoms with E-state index in [-0.39, 0.29) is 35.4 Å². The molecule has 1 saturated heterocycles. The Balaban J connectivity index is 1.67. The summed E-state index contributed by atoms with van der Waals surface area (Å²) in [4.78, 5) is 24.8. The van der Waals surface area contributed by atoms with Gasteiger partial charge in [-0.05, 0) is 43.2 Å². The normalized spacial score (nSPS) is 15.4. The van der Waals surface area contributed by atoms with Crippen molar-refractivity contribution >= 4 is 27.6 Å². The number of anilines is 1. The standard InChI is InChI=1S/C21H24N2O6S/c1-28-19-9-8-16(21(25)29-2)14-18(19)22-20(24)15-10-12-23(13-11-15)30(26,27)17-6-4-3-5-7-17/h3-9,14-15H,10-13H2,1-2H3,(H,22,24). The number of esters is 1. The Labute approximate surface area is 175 Å². The largest absolute Gasteiger partial charge is 0.495 e. The van der Waals surface area contributed by atoms with Crippen LogP contribution in [0.2, 0.25) is 0 Å². The molecule has 0 unspecified atom stereocenters. The third-order valence-electron chi connectivity index (χ3n) is 5.08. The topological polar surface area (TPSA) is 102 Å². The number of carbonyl (C=O) groups is 2. The Morgan fingerprint density at radius 3 is 2.30 bits per heavy atom. The predicted molar refractivity (Wildman–Crippen MR) is 111 cm³/mol. The van der Waals surface area contributed by atoms with Crippen molar-refractivity contribution in [2.45, 2.75) is 17.7 Å². The van der Waals surface area contributed by atoms with Crippen molar-refractivity contribution in [1.29, 1.82) is 0 Å². The van der Waals surface area contributed by atoms with Crippen molar-refractivity contribution in [3.05, 3.63) is 54.1 Å². The fourth-order valence-corrected chi connectivity index (χ4v) is 4.88. The van der Waals surface area contributed by atoms with Gasteiger partial charge in [0.2, 0.25) is 15.9 Å². The van der Waals surface area contributed by atoms with Gasteiger partial charge in [-0.15, -0.1) is 0 Å². The molecule has 2 aromatic rings. The molecule has 1 amide bonds. The SMILES string of the molecule is COC(=O)c1ccc(OC)c(NC(=O)C2CCN(S(=O)(=O)c3ccccc3)CC2)c1. The number of nitrogens with one attached hydrogen (secondary N) is 1. The lowest BCUT2D eigenvalue weighted by Crippen LogP contribution is -2.41. The zero-order chi connectivity index (χ0) is 21.7. The Hall–Kier alpha value is -2.91. The van der Waals surface area contributed by atoms with Gasteiger partial charge in [0, 0.05) is 19.0 Å². The van der Waals surface area contributed by atoms with Crippen LogP contribution in [0.1, 0.15) is 23.2 Å². The summed E-state index contributed by atoms with van der Waals surface area (Å²) < 4.78 is 36.8. The maximum atomic E-state index is 12.8. The molecule has 9 heteroatoms. The Bertz CT molecular complexity index is 1020. The monoisotopic (exact) mass is 432 g/mol. The molecule has 0 aromatic heterocycles. The Kier molecular flexibility index (Phi) is 6.73. The minimum Gasteiger partial charge on any atom is -0.495 e. The maximum Gasteiger partial charge on any atom is 0.337 e. The van der Waals surface area contributed by atoms with E-state index in [1.807, 2.05) is 0 Å². The van der Waals surface area contributed by atoms with Crippen LogP contribution in [-0.4, -0.2) is 51.9 Å². The third kappa shape index (κ3) is 4.63. The fourth-order valence-electron chi connectivity index (χ4n) is 3.39. The van der Waals surface area contributed by atoms with Gasteiger partial charge in [0.25, 0.3) is 0 Å². The number of carbonyl (C=O) groups excluding carboxylic acids is 2. The highest BCUT2D eigenvalue weighted by Gasteiger charge is 2.32. The summed E-state index contributed by atoms with van der Waals surface area (Å²) in [6.45, 7) is 0.517. The first-order valence-electron chi connectivity index (χ1n) is 9.49. The van der Waals surface area contributed by atoms with Crippen LogP contribution < -0.4 is 10.1 Å². The molecule has 0 aliphatic carbocycles. The quantitative estimate of drug-likeness (QED) is 0.704. The van der Waals surface area contributed by atoms with E-state index in [4.69, 9.17) is 9.47 Å². The lowest BCUT2D eigenvalue weighted by molar-refractivity contribution is -0.120. The first-order chi connectivity index (χ1) is 14.4. The molecular weight excluding hydrogens is 408 g/mol. The lowest BCUT2D eigenvalue weighted by Gasteiger charge is -2.30. The summed E-state index contributed by atoms with van der Waals surface area (Å²) in [6.07, 6.45) is 0.799. The molecule has 8 nitrogen and oxygen atoms in total. The van der Waals surface area contributed by atoms with E-state index in [9.17, 15) is 18.0 Å². The molecule has 0 atom stereocenters. The van der Waals surface area contributed by atoms with Crippen LogP contribution in [0.5, 0.6) is 5.75 Å². The van der Waals surface area contributed by atoms with Gasteiger partial charge in [-0.2, -0.15) is 4.31 Å². The molecular formula is C21H24N2O6S. The van der Waals surface area contributed by atoms with Crippen LogP contribution in [0.3, 0.4) is 0 Å². The van der Waals surface area contributed by atoms with Crippen LogP contribution in [0, 0.1) is 5.92 Å². The molecule has 1 fully saturated rings. The maximum absolute atomic E-state index is 12.8. The van der Waals surface area contributed by atoms with E-state index < -0.39 is 16.0 Å². The summed E-state index contributed by atoms with van der Waals surface area (Å²) in [5.74, 6) is -0.696.